The van der Waals surface area contributed by atoms with E-state index in [9.17, 15) is 19.2 Å². The minimum absolute atomic E-state index is 0.156. The molecule has 2 N–H and O–H groups in total. The Morgan fingerprint density at radius 1 is 1.07 bits per heavy atom. The number of imide groups is 2. The molecule has 74 valence electrons. The maximum absolute atomic E-state index is 11.1. The minimum atomic E-state index is -0.764. The first-order valence-corrected chi connectivity index (χ1v) is 3.81. The van der Waals surface area contributed by atoms with Crippen molar-refractivity contribution in [2.75, 3.05) is 13.1 Å². The van der Waals surface area contributed by atoms with Crippen molar-refractivity contribution in [3.8, 4) is 0 Å². The largest absolute Gasteiger partial charge is 0.344 e. The first-order valence-electron chi connectivity index (χ1n) is 3.81. The van der Waals surface area contributed by atoms with E-state index in [-0.39, 0.29) is 13.1 Å². The molecule has 2 fully saturated rings. The summed E-state index contributed by atoms with van der Waals surface area (Å²) in [5.74, 6) is -1.10. The van der Waals surface area contributed by atoms with Crippen LogP contribution in [0.1, 0.15) is 0 Å². The number of urea groups is 2. The second kappa shape index (κ2) is 2.69. The number of carbonyl (C=O) groups is 4. The van der Waals surface area contributed by atoms with E-state index in [0.29, 0.717) is 5.01 Å². The molecule has 0 bridgehead atoms. The van der Waals surface area contributed by atoms with E-state index in [1.807, 2.05) is 5.32 Å². The van der Waals surface area contributed by atoms with Crippen molar-refractivity contribution >= 4 is 23.9 Å². The molecule has 2 aliphatic rings. The highest BCUT2D eigenvalue weighted by Gasteiger charge is 2.41. The summed E-state index contributed by atoms with van der Waals surface area (Å²) in [5.41, 5.74) is 0. The first-order chi connectivity index (χ1) is 6.59. The second-order valence-corrected chi connectivity index (χ2v) is 2.78. The van der Waals surface area contributed by atoms with Gasteiger partial charge < -0.3 is 5.32 Å². The third kappa shape index (κ3) is 1.08. The number of nitrogens with one attached hydrogen (secondary N) is 2. The topological polar surface area (TPSA) is 98.8 Å². The molecule has 0 radical (unpaired) electrons. The van der Waals surface area contributed by atoms with Gasteiger partial charge in [0.1, 0.15) is 13.1 Å². The van der Waals surface area contributed by atoms with Gasteiger partial charge in [0.2, 0.25) is 5.91 Å². The third-order valence-corrected chi connectivity index (χ3v) is 1.84. The Labute approximate surface area is 77.8 Å². The van der Waals surface area contributed by atoms with Crippen LogP contribution in [0.4, 0.5) is 9.59 Å². The Morgan fingerprint density at radius 2 is 1.79 bits per heavy atom. The maximum atomic E-state index is 11.1. The fourth-order valence-corrected chi connectivity index (χ4v) is 1.25. The SMILES string of the molecule is O=C1CN(N2C(=O)CNC2=O)C(=O)N1. The van der Waals surface area contributed by atoms with Crippen LogP contribution in [0.2, 0.25) is 0 Å². The summed E-state index contributed by atoms with van der Waals surface area (Å²) >= 11 is 0. The molecule has 0 aromatic rings. The van der Waals surface area contributed by atoms with Crippen molar-refractivity contribution < 1.29 is 19.2 Å². The molecule has 2 heterocycles. The molecule has 2 aliphatic heterocycles. The van der Waals surface area contributed by atoms with Crippen molar-refractivity contribution in [1.82, 2.24) is 20.7 Å². The van der Waals surface area contributed by atoms with Gasteiger partial charge in [-0.05, 0) is 0 Å². The van der Waals surface area contributed by atoms with Gasteiger partial charge in [-0.3, -0.25) is 14.9 Å². The second-order valence-electron chi connectivity index (χ2n) is 2.78. The molecule has 8 heteroatoms. The molecule has 14 heavy (non-hydrogen) atoms. The highest BCUT2D eigenvalue weighted by Crippen LogP contribution is 2.08. The highest BCUT2D eigenvalue weighted by molar-refractivity contribution is 6.07. The summed E-state index contributed by atoms with van der Waals surface area (Å²) in [6.45, 7) is -0.463. The molecule has 0 aliphatic carbocycles. The summed E-state index contributed by atoms with van der Waals surface area (Å²) in [4.78, 5) is 44.1. The smallest absolute Gasteiger partial charge is 0.327 e. The van der Waals surface area contributed by atoms with Crippen molar-refractivity contribution in [2.24, 2.45) is 0 Å². The van der Waals surface area contributed by atoms with Crippen LogP contribution >= 0.6 is 0 Å². The van der Waals surface area contributed by atoms with Crippen LogP contribution < -0.4 is 10.6 Å². The number of rotatable bonds is 1. The lowest BCUT2D eigenvalue weighted by atomic mass is 10.6. The normalized spacial score (nSPS) is 21.7. The van der Waals surface area contributed by atoms with Crippen molar-refractivity contribution in [3.63, 3.8) is 0 Å². The zero-order valence-corrected chi connectivity index (χ0v) is 6.94. The average molecular weight is 198 g/mol. The lowest BCUT2D eigenvalue weighted by Crippen LogP contribution is -2.48. The summed E-state index contributed by atoms with van der Waals surface area (Å²) < 4.78 is 0. The number of hydrogen-bond donors (Lipinski definition) is 2. The molecular formula is C6H6N4O4. The lowest BCUT2D eigenvalue weighted by Gasteiger charge is -2.21. The van der Waals surface area contributed by atoms with E-state index in [4.69, 9.17) is 0 Å². The maximum Gasteiger partial charge on any atom is 0.344 e. The third-order valence-electron chi connectivity index (χ3n) is 1.84. The van der Waals surface area contributed by atoms with E-state index < -0.39 is 23.9 Å². The zero-order valence-electron chi connectivity index (χ0n) is 6.94. The number of carbonyl (C=O) groups excluding carboxylic acids is 4. The molecule has 8 nitrogen and oxygen atoms in total. The molecule has 0 unspecified atom stereocenters. The van der Waals surface area contributed by atoms with Gasteiger partial charge in [0.05, 0.1) is 0 Å². The molecular weight excluding hydrogens is 192 g/mol. The van der Waals surface area contributed by atoms with Crippen molar-refractivity contribution in [3.05, 3.63) is 0 Å². The Hall–Kier alpha value is -2.12. The molecule has 6 amide bonds. The predicted octanol–water partition coefficient (Wildman–Crippen LogP) is -1.99. The Kier molecular flexibility index (Phi) is 1.63. The van der Waals surface area contributed by atoms with E-state index in [1.54, 1.807) is 0 Å². The summed E-state index contributed by atoms with van der Waals surface area (Å²) in [5, 5.41) is 5.59. The average Bonchev–Trinajstić information content (AvgIpc) is 2.57. The quantitative estimate of drug-likeness (QED) is 0.476. The minimum Gasteiger partial charge on any atom is -0.327 e. The number of amides is 6. The molecule has 0 aromatic heterocycles. The van der Waals surface area contributed by atoms with E-state index >= 15 is 0 Å². The van der Waals surface area contributed by atoms with Gasteiger partial charge in [-0.2, -0.15) is 5.01 Å². The van der Waals surface area contributed by atoms with Crippen LogP contribution in [0.5, 0.6) is 0 Å². The Bertz CT molecular complexity index is 336. The molecule has 0 saturated carbocycles. The van der Waals surface area contributed by atoms with E-state index in [0.717, 1.165) is 5.01 Å². The van der Waals surface area contributed by atoms with Gasteiger partial charge in [-0.25, -0.2) is 14.6 Å². The standard InChI is InChI=1S/C6H6N4O4/c11-3-2-9(6(14)8-3)10-4(12)1-7-5(10)13/h1-2H2,(H,7,13)(H,8,11,14). The van der Waals surface area contributed by atoms with Gasteiger partial charge in [0.25, 0.3) is 5.91 Å². The molecule has 0 atom stereocenters. The van der Waals surface area contributed by atoms with Crippen LogP contribution in [-0.4, -0.2) is 47.0 Å². The van der Waals surface area contributed by atoms with Crippen molar-refractivity contribution in [1.29, 1.82) is 0 Å². The Morgan fingerprint density at radius 3 is 2.21 bits per heavy atom. The summed E-state index contributed by atoms with van der Waals surface area (Å²) in [7, 11) is 0. The highest BCUT2D eigenvalue weighted by atomic mass is 16.2. The zero-order chi connectivity index (χ0) is 10.3. The fourth-order valence-electron chi connectivity index (χ4n) is 1.25. The van der Waals surface area contributed by atoms with E-state index in [2.05, 4.69) is 5.32 Å². The van der Waals surface area contributed by atoms with Crippen LogP contribution in [0.25, 0.3) is 0 Å². The number of hydrazine groups is 1. The first kappa shape index (κ1) is 8.48. The lowest BCUT2D eigenvalue weighted by molar-refractivity contribution is -0.133. The van der Waals surface area contributed by atoms with Gasteiger partial charge in [0, 0.05) is 0 Å². The van der Waals surface area contributed by atoms with Gasteiger partial charge in [0.15, 0.2) is 0 Å². The monoisotopic (exact) mass is 198 g/mol. The summed E-state index contributed by atoms with van der Waals surface area (Å²) in [6, 6.07) is -1.46. The Balaban J connectivity index is 2.22. The molecule has 2 rings (SSSR count). The number of hydrogen-bond acceptors (Lipinski definition) is 4. The van der Waals surface area contributed by atoms with Crippen molar-refractivity contribution in [2.45, 2.75) is 0 Å². The summed E-state index contributed by atoms with van der Waals surface area (Å²) in [6.07, 6.45) is 0. The van der Waals surface area contributed by atoms with Gasteiger partial charge >= 0.3 is 12.1 Å². The van der Waals surface area contributed by atoms with Crippen LogP contribution in [-0.2, 0) is 9.59 Å². The molecule has 2 saturated heterocycles. The number of nitrogens with zero attached hydrogens (tertiary/aromatic N) is 2. The van der Waals surface area contributed by atoms with Gasteiger partial charge in [-0.15, -0.1) is 0 Å². The van der Waals surface area contributed by atoms with E-state index in [1.165, 1.54) is 0 Å². The fraction of sp³-hybridized carbons (Fsp3) is 0.333. The van der Waals surface area contributed by atoms with Crippen LogP contribution in [0.3, 0.4) is 0 Å². The molecule has 0 aromatic carbocycles. The van der Waals surface area contributed by atoms with Crippen LogP contribution in [0, 0.1) is 0 Å². The predicted molar refractivity (Wildman–Crippen MR) is 40.5 cm³/mol. The van der Waals surface area contributed by atoms with Crippen LogP contribution in [0.15, 0.2) is 0 Å². The van der Waals surface area contributed by atoms with Gasteiger partial charge in [-0.1, -0.05) is 0 Å². The molecule has 0 spiro atoms.